The van der Waals surface area contributed by atoms with E-state index >= 15 is 0 Å². The number of tetrazole rings is 1. The van der Waals surface area contributed by atoms with E-state index in [1.54, 1.807) is 23.9 Å². The standard InChI is InChI=1S/C20H23BrFN5O2/c1-3-4-9-27-20(24-25-26-27)23-12-15-10-18(28-2)19(11-17(15)21)29-13-14-5-7-16(22)8-6-14/h5-8,10-11H,3-4,9,12-13H2,1-2H3,(H,23,24,26). The van der Waals surface area contributed by atoms with Gasteiger partial charge < -0.3 is 14.8 Å². The highest BCUT2D eigenvalue weighted by Gasteiger charge is 2.12. The van der Waals surface area contributed by atoms with E-state index in [9.17, 15) is 4.39 Å². The van der Waals surface area contributed by atoms with Crippen molar-refractivity contribution in [3.63, 3.8) is 0 Å². The van der Waals surface area contributed by atoms with Crippen molar-refractivity contribution in [3.8, 4) is 11.5 Å². The first kappa shape index (κ1) is 21.0. The van der Waals surface area contributed by atoms with Crippen molar-refractivity contribution in [3.05, 3.63) is 57.8 Å². The number of hydrogen-bond acceptors (Lipinski definition) is 6. The van der Waals surface area contributed by atoms with Crippen LogP contribution in [0.1, 0.15) is 30.9 Å². The molecule has 2 aromatic carbocycles. The fourth-order valence-corrected chi connectivity index (χ4v) is 3.15. The van der Waals surface area contributed by atoms with E-state index in [-0.39, 0.29) is 5.82 Å². The number of ether oxygens (including phenoxy) is 2. The zero-order valence-corrected chi connectivity index (χ0v) is 17.9. The number of aryl methyl sites for hydroxylation is 1. The lowest BCUT2D eigenvalue weighted by atomic mass is 10.2. The molecule has 154 valence electrons. The van der Waals surface area contributed by atoms with Gasteiger partial charge in [0.05, 0.1) is 7.11 Å². The van der Waals surface area contributed by atoms with Gasteiger partial charge in [0.1, 0.15) is 12.4 Å². The molecule has 0 aliphatic carbocycles. The molecule has 0 unspecified atom stereocenters. The van der Waals surface area contributed by atoms with Crippen LogP contribution in [0.25, 0.3) is 0 Å². The van der Waals surface area contributed by atoms with Gasteiger partial charge in [-0.2, -0.15) is 0 Å². The van der Waals surface area contributed by atoms with Crippen LogP contribution < -0.4 is 14.8 Å². The number of halogens is 2. The maximum absolute atomic E-state index is 13.0. The lowest BCUT2D eigenvalue weighted by molar-refractivity contribution is 0.284. The van der Waals surface area contributed by atoms with Gasteiger partial charge in [0.2, 0.25) is 5.95 Å². The first-order chi connectivity index (χ1) is 14.1. The summed E-state index contributed by atoms with van der Waals surface area (Å²) < 4.78 is 27.0. The molecule has 1 heterocycles. The van der Waals surface area contributed by atoms with E-state index in [0.717, 1.165) is 35.0 Å². The van der Waals surface area contributed by atoms with Crippen LogP contribution in [0.5, 0.6) is 11.5 Å². The second-order valence-electron chi connectivity index (χ2n) is 6.44. The third-order valence-electron chi connectivity index (χ3n) is 4.33. The van der Waals surface area contributed by atoms with Crippen LogP contribution in [0.3, 0.4) is 0 Å². The molecule has 3 aromatic rings. The average molecular weight is 464 g/mol. The number of aromatic nitrogens is 4. The van der Waals surface area contributed by atoms with Crippen molar-refractivity contribution >= 4 is 21.9 Å². The summed E-state index contributed by atoms with van der Waals surface area (Å²) in [6.07, 6.45) is 2.08. The number of hydrogen-bond donors (Lipinski definition) is 1. The first-order valence-corrected chi connectivity index (χ1v) is 10.1. The van der Waals surface area contributed by atoms with Gasteiger partial charge in [0, 0.05) is 17.6 Å². The molecule has 0 spiro atoms. The van der Waals surface area contributed by atoms with Gasteiger partial charge >= 0.3 is 0 Å². The maximum Gasteiger partial charge on any atom is 0.243 e. The molecule has 7 nitrogen and oxygen atoms in total. The minimum atomic E-state index is -0.272. The monoisotopic (exact) mass is 463 g/mol. The van der Waals surface area contributed by atoms with Crippen LogP contribution in [-0.4, -0.2) is 27.3 Å². The normalized spacial score (nSPS) is 10.8. The molecule has 9 heteroatoms. The molecular weight excluding hydrogens is 441 g/mol. The molecule has 29 heavy (non-hydrogen) atoms. The minimum absolute atomic E-state index is 0.272. The lowest BCUT2D eigenvalue weighted by Gasteiger charge is -2.15. The minimum Gasteiger partial charge on any atom is -0.493 e. The maximum atomic E-state index is 13.0. The second-order valence-corrected chi connectivity index (χ2v) is 7.30. The predicted molar refractivity (Wildman–Crippen MR) is 111 cm³/mol. The lowest BCUT2D eigenvalue weighted by Crippen LogP contribution is -2.09. The van der Waals surface area contributed by atoms with Crippen molar-refractivity contribution in [2.45, 2.75) is 39.5 Å². The van der Waals surface area contributed by atoms with E-state index in [2.05, 4.69) is 43.7 Å². The Morgan fingerprint density at radius 1 is 1.17 bits per heavy atom. The molecule has 0 atom stereocenters. The van der Waals surface area contributed by atoms with Crippen molar-refractivity contribution < 1.29 is 13.9 Å². The summed E-state index contributed by atoms with van der Waals surface area (Å²) in [7, 11) is 1.59. The van der Waals surface area contributed by atoms with Gasteiger partial charge in [0.15, 0.2) is 11.5 Å². The number of nitrogens with one attached hydrogen (secondary N) is 1. The molecular formula is C20H23BrFN5O2. The van der Waals surface area contributed by atoms with Crippen molar-refractivity contribution in [2.24, 2.45) is 0 Å². The summed E-state index contributed by atoms with van der Waals surface area (Å²) >= 11 is 3.59. The molecule has 0 saturated carbocycles. The topological polar surface area (TPSA) is 74.1 Å². The Bertz CT molecular complexity index is 933. The highest BCUT2D eigenvalue weighted by Crippen LogP contribution is 2.34. The molecule has 3 rings (SSSR count). The number of nitrogens with zero attached hydrogens (tertiary/aromatic N) is 4. The molecule has 0 radical (unpaired) electrons. The van der Waals surface area contributed by atoms with E-state index in [1.807, 2.05) is 12.1 Å². The highest BCUT2D eigenvalue weighted by molar-refractivity contribution is 9.10. The highest BCUT2D eigenvalue weighted by atomic mass is 79.9. The smallest absolute Gasteiger partial charge is 0.243 e. The summed E-state index contributed by atoms with van der Waals surface area (Å²) in [4.78, 5) is 0. The van der Waals surface area contributed by atoms with E-state index in [4.69, 9.17) is 9.47 Å². The number of methoxy groups -OCH3 is 1. The number of rotatable bonds is 10. The van der Waals surface area contributed by atoms with Gasteiger partial charge in [-0.15, -0.1) is 0 Å². The zero-order valence-electron chi connectivity index (χ0n) is 16.4. The van der Waals surface area contributed by atoms with Crippen LogP contribution in [0.4, 0.5) is 10.3 Å². The molecule has 0 fully saturated rings. The van der Waals surface area contributed by atoms with Crippen LogP contribution in [0, 0.1) is 5.82 Å². The summed E-state index contributed by atoms with van der Waals surface area (Å²) in [5.74, 6) is 1.56. The van der Waals surface area contributed by atoms with Gasteiger partial charge in [-0.3, -0.25) is 0 Å². The third kappa shape index (κ3) is 5.66. The van der Waals surface area contributed by atoms with Crippen LogP contribution in [-0.2, 0) is 19.7 Å². The Labute approximate surface area is 177 Å². The largest absolute Gasteiger partial charge is 0.493 e. The Kier molecular flexibility index (Phi) is 7.40. The first-order valence-electron chi connectivity index (χ1n) is 9.34. The molecule has 0 aliphatic heterocycles. The van der Waals surface area contributed by atoms with Crippen LogP contribution >= 0.6 is 15.9 Å². The van der Waals surface area contributed by atoms with Gasteiger partial charge in [0.25, 0.3) is 0 Å². The third-order valence-corrected chi connectivity index (χ3v) is 5.07. The fourth-order valence-electron chi connectivity index (χ4n) is 2.69. The summed E-state index contributed by atoms with van der Waals surface area (Å²) in [5.41, 5.74) is 1.84. The average Bonchev–Trinajstić information content (AvgIpc) is 3.18. The number of benzene rings is 2. The Hall–Kier alpha value is -2.68. The molecule has 1 N–H and O–H groups in total. The zero-order chi connectivity index (χ0) is 20.6. The number of unbranched alkanes of at least 4 members (excludes halogenated alkanes) is 1. The SMILES string of the molecule is CCCCn1nnnc1NCc1cc(OC)c(OCc2ccc(F)cc2)cc1Br. The molecule has 0 bridgehead atoms. The van der Waals surface area contributed by atoms with Crippen LogP contribution in [0.2, 0.25) is 0 Å². The summed E-state index contributed by atoms with van der Waals surface area (Å²) in [6.45, 7) is 3.72. The Balaban J connectivity index is 1.67. The summed E-state index contributed by atoms with van der Waals surface area (Å²) in [5, 5.41) is 15.0. The second kappa shape index (κ2) is 10.2. The van der Waals surface area contributed by atoms with Gasteiger partial charge in [-0.25, -0.2) is 9.07 Å². The van der Waals surface area contributed by atoms with Crippen molar-refractivity contribution in [1.82, 2.24) is 20.2 Å². The van der Waals surface area contributed by atoms with Crippen LogP contribution in [0.15, 0.2) is 40.9 Å². The molecule has 0 aliphatic rings. The van der Waals surface area contributed by atoms with E-state index in [1.165, 1.54) is 12.1 Å². The quantitative estimate of drug-likeness (QED) is 0.474. The van der Waals surface area contributed by atoms with Gasteiger partial charge in [-0.05, 0) is 52.2 Å². The fraction of sp³-hybridized carbons (Fsp3) is 0.350. The Morgan fingerprint density at radius 3 is 2.69 bits per heavy atom. The molecule has 0 amide bonds. The van der Waals surface area contributed by atoms with Crippen molar-refractivity contribution in [2.75, 3.05) is 12.4 Å². The van der Waals surface area contributed by atoms with Crippen molar-refractivity contribution in [1.29, 1.82) is 0 Å². The molecule has 1 aromatic heterocycles. The predicted octanol–water partition coefficient (Wildman–Crippen LogP) is 4.57. The Morgan fingerprint density at radius 2 is 1.97 bits per heavy atom. The summed E-state index contributed by atoms with van der Waals surface area (Å²) in [6, 6.07) is 9.97. The van der Waals surface area contributed by atoms with E-state index in [0.29, 0.717) is 30.6 Å². The number of anilines is 1. The molecule has 0 saturated heterocycles. The van der Waals surface area contributed by atoms with Gasteiger partial charge in [-0.1, -0.05) is 46.5 Å². The van der Waals surface area contributed by atoms with E-state index < -0.39 is 0 Å².